The lowest BCUT2D eigenvalue weighted by Gasteiger charge is -2.15. The summed E-state index contributed by atoms with van der Waals surface area (Å²) in [7, 11) is 0. The Hall–Kier alpha value is -3.69. The van der Waals surface area contributed by atoms with Gasteiger partial charge in [-0.2, -0.15) is 26.3 Å². The average molecular weight is 455 g/mol. The van der Waals surface area contributed by atoms with E-state index in [1.165, 1.54) is 6.07 Å². The number of anilines is 1. The van der Waals surface area contributed by atoms with Crippen LogP contribution in [0.15, 0.2) is 72.8 Å². The Balaban J connectivity index is 1.72. The second-order valence-electron chi connectivity index (χ2n) is 6.49. The second kappa shape index (κ2) is 9.21. The molecule has 0 aliphatic rings. The van der Waals surface area contributed by atoms with E-state index in [-0.39, 0.29) is 17.5 Å². The van der Waals surface area contributed by atoms with Gasteiger partial charge in [0, 0.05) is 0 Å². The first-order valence-electron chi connectivity index (χ1n) is 9.06. The number of alkyl halides is 6. The van der Waals surface area contributed by atoms with Gasteiger partial charge in [-0.15, -0.1) is 0 Å². The van der Waals surface area contributed by atoms with Gasteiger partial charge in [-0.1, -0.05) is 30.3 Å². The van der Waals surface area contributed by atoms with E-state index in [1.807, 2.05) is 0 Å². The standard InChI is InChI=1S/C22H15F6NO3/c23-21(24,25)14-10-15(22(26,27)28)12-17(11-14)31-13-20(30)29-18-8-4-5-9-19(18)32-16-6-2-1-3-7-16/h1-12H,13H2,(H,29,30). The molecule has 32 heavy (non-hydrogen) atoms. The van der Waals surface area contributed by atoms with Crippen LogP contribution in [0, 0.1) is 0 Å². The number of carbonyl (C=O) groups is 1. The molecule has 0 aliphatic carbocycles. The Morgan fingerprint density at radius 1 is 0.750 bits per heavy atom. The van der Waals surface area contributed by atoms with E-state index < -0.39 is 41.7 Å². The third kappa shape index (κ3) is 6.16. The van der Waals surface area contributed by atoms with E-state index in [0.717, 1.165) is 0 Å². The summed E-state index contributed by atoms with van der Waals surface area (Å²) in [5, 5.41) is 2.46. The van der Waals surface area contributed by atoms with Crippen molar-refractivity contribution in [1.82, 2.24) is 0 Å². The molecule has 10 heteroatoms. The highest BCUT2D eigenvalue weighted by molar-refractivity contribution is 5.93. The number of halogens is 6. The molecule has 0 heterocycles. The van der Waals surface area contributed by atoms with Crippen LogP contribution in [0.3, 0.4) is 0 Å². The predicted octanol–water partition coefficient (Wildman–Crippen LogP) is 6.53. The van der Waals surface area contributed by atoms with Gasteiger partial charge >= 0.3 is 12.4 Å². The molecular weight excluding hydrogens is 440 g/mol. The van der Waals surface area contributed by atoms with Crippen molar-refractivity contribution in [3.05, 3.63) is 83.9 Å². The molecule has 1 N–H and O–H groups in total. The normalized spacial score (nSPS) is 11.7. The summed E-state index contributed by atoms with van der Waals surface area (Å²) in [5.74, 6) is -0.768. The fourth-order valence-electron chi connectivity index (χ4n) is 2.62. The Bertz CT molecular complexity index is 1050. The molecule has 168 valence electrons. The van der Waals surface area contributed by atoms with Gasteiger partial charge in [0.05, 0.1) is 16.8 Å². The van der Waals surface area contributed by atoms with Crippen LogP contribution in [0.4, 0.5) is 32.0 Å². The van der Waals surface area contributed by atoms with Crippen molar-refractivity contribution in [2.24, 2.45) is 0 Å². The molecule has 0 aromatic heterocycles. The van der Waals surface area contributed by atoms with Crippen molar-refractivity contribution in [1.29, 1.82) is 0 Å². The van der Waals surface area contributed by atoms with Gasteiger partial charge in [-0.05, 0) is 42.5 Å². The molecule has 1 amide bonds. The quantitative estimate of drug-likeness (QED) is 0.430. The highest BCUT2D eigenvalue weighted by Gasteiger charge is 2.37. The molecule has 3 aromatic carbocycles. The summed E-state index contributed by atoms with van der Waals surface area (Å²) in [5.41, 5.74) is -2.83. The topological polar surface area (TPSA) is 47.6 Å². The summed E-state index contributed by atoms with van der Waals surface area (Å²) in [6, 6.07) is 15.8. The smallest absolute Gasteiger partial charge is 0.416 e. The number of para-hydroxylation sites is 3. The number of nitrogens with one attached hydrogen (secondary N) is 1. The van der Waals surface area contributed by atoms with Gasteiger partial charge < -0.3 is 14.8 Å². The summed E-state index contributed by atoms with van der Waals surface area (Å²) in [6.45, 7) is -0.821. The Morgan fingerprint density at radius 2 is 1.31 bits per heavy atom. The van der Waals surface area contributed by atoms with Crippen molar-refractivity contribution < 1.29 is 40.6 Å². The Labute approximate surface area is 178 Å². The summed E-state index contributed by atoms with van der Waals surface area (Å²) >= 11 is 0. The molecule has 4 nitrogen and oxygen atoms in total. The largest absolute Gasteiger partial charge is 0.484 e. The van der Waals surface area contributed by atoms with Crippen LogP contribution >= 0.6 is 0 Å². The third-order valence-electron chi connectivity index (χ3n) is 4.06. The summed E-state index contributed by atoms with van der Waals surface area (Å²) in [6.07, 6.45) is -10.0. The van der Waals surface area contributed by atoms with Crippen LogP contribution in [0.1, 0.15) is 11.1 Å². The fourth-order valence-corrected chi connectivity index (χ4v) is 2.62. The van der Waals surface area contributed by atoms with Crippen LogP contribution in [0.5, 0.6) is 17.2 Å². The maximum atomic E-state index is 12.9. The lowest BCUT2D eigenvalue weighted by Crippen LogP contribution is -2.21. The van der Waals surface area contributed by atoms with Crippen LogP contribution in [0.2, 0.25) is 0 Å². The average Bonchev–Trinajstić information content (AvgIpc) is 2.73. The van der Waals surface area contributed by atoms with Gasteiger partial charge in [0.2, 0.25) is 0 Å². The molecule has 0 saturated heterocycles. The van der Waals surface area contributed by atoms with Crippen LogP contribution in [-0.4, -0.2) is 12.5 Å². The van der Waals surface area contributed by atoms with Gasteiger partial charge in [-0.3, -0.25) is 4.79 Å². The number of ether oxygens (including phenoxy) is 2. The number of amides is 1. The number of hydrogen-bond acceptors (Lipinski definition) is 3. The van der Waals surface area contributed by atoms with Gasteiger partial charge in [0.1, 0.15) is 11.5 Å². The minimum atomic E-state index is -5.02. The van der Waals surface area contributed by atoms with Crippen LogP contribution in [0.25, 0.3) is 0 Å². The molecule has 0 unspecified atom stereocenters. The molecule has 0 bridgehead atoms. The summed E-state index contributed by atoms with van der Waals surface area (Å²) < 4.78 is 88.2. The predicted molar refractivity (Wildman–Crippen MR) is 104 cm³/mol. The highest BCUT2D eigenvalue weighted by Crippen LogP contribution is 2.38. The molecule has 0 radical (unpaired) electrons. The monoisotopic (exact) mass is 455 g/mol. The number of rotatable bonds is 6. The van der Waals surface area contributed by atoms with Crippen molar-refractivity contribution in [2.45, 2.75) is 12.4 Å². The van der Waals surface area contributed by atoms with Crippen molar-refractivity contribution >= 4 is 11.6 Å². The molecule has 0 aliphatic heterocycles. The molecule has 0 fully saturated rings. The zero-order chi connectivity index (χ0) is 23.4. The van der Waals surface area contributed by atoms with Crippen molar-refractivity contribution in [3.8, 4) is 17.2 Å². The molecule has 0 saturated carbocycles. The lowest BCUT2D eigenvalue weighted by atomic mass is 10.1. The van der Waals surface area contributed by atoms with E-state index in [2.05, 4.69) is 5.32 Å². The first-order chi connectivity index (χ1) is 15.0. The Morgan fingerprint density at radius 3 is 1.91 bits per heavy atom. The van der Waals surface area contributed by atoms with E-state index in [9.17, 15) is 31.1 Å². The van der Waals surface area contributed by atoms with E-state index in [4.69, 9.17) is 9.47 Å². The minimum absolute atomic E-state index is 0.0237. The number of carbonyl (C=O) groups excluding carboxylic acids is 1. The van der Waals surface area contributed by atoms with E-state index >= 15 is 0 Å². The van der Waals surface area contributed by atoms with Gasteiger partial charge in [-0.25, -0.2) is 0 Å². The first-order valence-corrected chi connectivity index (χ1v) is 9.06. The van der Waals surface area contributed by atoms with Crippen molar-refractivity contribution in [2.75, 3.05) is 11.9 Å². The van der Waals surface area contributed by atoms with Gasteiger partial charge in [0.25, 0.3) is 5.91 Å². The molecule has 3 rings (SSSR count). The van der Waals surface area contributed by atoms with Crippen LogP contribution < -0.4 is 14.8 Å². The SMILES string of the molecule is O=C(COc1cc(C(F)(F)F)cc(C(F)(F)F)c1)Nc1ccccc1Oc1ccccc1. The van der Waals surface area contributed by atoms with Crippen LogP contribution in [-0.2, 0) is 17.1 Å². The van der Waals surface area contributed by atoms with Gasteiger partial charge in [0.15, 0.2) is 12.4 Å². The highest BCUT2D eigenvalue weighted by atomic mass is 19.4. The maximum absolute atomic E-state index is 12.9. The molecule has 0 atom stereocenters. The van der Waals surface area contributed by atoms with E-state index in [1.54, 1.807) is 48.5 Å². The molecule has 0 spiro atoms. The third-order valence-corrected chi connectivity index (χ3v) is 4.06. The zero-order valence-corrected chi connectivity index (χ0v) is 16.1. The second-order valence-corrected chi connectivity index (χ2v) is 6.49. The fraction of sp³-hybridized carbons (Fsp3) is 0.136. The lowest BCUT2D eigenvalue weighted by molar-refractivity contribution is -0.143. The zero-order valence-electron chi connectivity index (χ0n) is 16.1. The number of hydrogen-bond donors (Lipinski definition) is 1. The van der Waals surface area contributed by atoms with Crippen molar-refractivity contribution in [3.63, 3.8) is 0 Å². The minimum Gasteiger partial charge on any atom is -0.484 e. The summed E-state index contributed by atoms with van der Waals surface area (Å²) in [4.78, 5) is 12.2. The molecule has 3 aromatic rings. The number of benzene rings is 3. The molecular formula is C22H15F6NO3. The maximum Gasteiger partial charge on any atom is 0.416 e. The Kier molecular flexibility index (Phi) is 6.61. The van der Waals surface area contributed by atoms with E-state index in [0.29, 0.717) is 17.9 Å². The first kappa shape index (κ1) is 23.0.